The second-order valence-electron chi connectivity index (χ2n) is 8.69. The van der Waals surface area contributed by atoms with E-state index in [2.05, 4.69) is 31.1 Å². The third-order valence-corrected chi connectivity index (χ3v) is 4.71. The molecular weight excluding hydrogens is 370 g/mol. The summed E-state index contributed by atoms with van der Waals surface area (Å²) in [4.78, 5) is 30.5. The van der Waals surface area contributed by atoms with Crippen molar-refractivity contribution < 1.29 is 9.59 Å². The van der Waals surface area contributed by atoms with E-state index in [1.165, 1.54) is 24.3 Å². The lowest BCUT2D eigenvalue weighted by Crippen LogP contribution is -2.45. The molecule has 6 heteroatoms. The van der Waals surface area contributed by atoms with E-state index >= 15 is 0 Å². The summed E-state index contributed by atoms with van der Waals surface area (Å²) in [6.45, 7) is 12.0. The van der Waals surface area contributed by atoms with Gasteiger partial charge in [-0.1, -0.05) is 39.0 Å². The second kappa shape index (κ2) is 8.69. The molecule has 1 N–H and O–H groups in total. The number of amides is 2. The number of anilines is 2. The average molecular weight is 400 g/mol. The van der Waals surface area contributed by atoms with Crippen molar-refractivity contribution in [3.05, 3.63) is 47.5 Å². The number of para-hydroxylation sites is 1. The lowest BCUT2D eigenvalue weighted by Gasteiger charge is -2.32. The molecule has 0 saturated heterocycles. The van der Waals surface area contributed by atoms with Crippen LogP contribution < -0.4 is 10.2 Å². The Morgan fingerprint density at radius 1 is 1.14 bits per heavy atom. The van der Waals surface area contributed by atoms with Crippen LogP contribution in [0.4, 0.5) is 10.8 Å². The summed E-state index contributed by atoms with van der Waals surface area (Å²) in [5.41, 5.74) is 1.23. The Morgan fingerprint density at radius 3 is 2.36 bits per heavy atom. The first kappa shape index (κ1) is 21.8. The Hall–Kier alpha value is -2.47. The minimum Gasteiger partial charge on any atom is -0.348 e. The monoisotopic (exact) mass is 399 g/mol. The Morgan fingerprint density at radius 2 is 1.79 bits per heavy atom. The lowest BCUT2D eigenvalue weighted by molar-refractivity contribution is -0.118. The van der Waals surface area contributed by atoms with Gasteiger partial charge >= 0.3 is 0 Å². The van der Waals surface area contributed by atoms with Gasteiger partial charge in [-0.3, -0.25) is 14.5 Å². The topological polar surface area (TPSA) is 62.3 Å². The van der Waals surface area contributed by atoms with Crippen LogP contribution in [0.15, 0.2) is 41.8 Å². The molecule has 0 aliphatic carbocycles. The van der Waals surface area contributed by atoms with Crippen molar-refractivity contribution in [2.24, 2.45) is 5.41 Å². The predicted molar refractivity (Wildman–Crippen MR) is 117 cm³/mol. The quantitative estimate of drug-likeness (QED) is 0.682. The van der Waals surface area contributed by atoms with Crippen LogP contribution in [0.5, 0.6) is 0 Å². The number of aromatic nitrogens is 1. The van der Waals surface area contributed by atoms with Gasteiger partial charge in [0.05, 0.1) is 11.4 Å². The summed E-state index contributed by atoms with van der Waals surface area (Å²) in [5.74, 6) is -0.270. The molecule has 0 aliphatic heterocycles. The van der Waals surface area contributed by atoms with Gasteiger partial charge in [-0.25, -0.2) is 4.98 Å². The zero-order valence-corrected chi connectivity index (χ0v) is 18.3. The summed E-state index contributed by atoms with van der Waals surface area (Å²) in [6, 6.07) is 9.39. The van der Waals surface area contributed by atoms with E-state index in [0.717, 1.165) is 12.1 Å². The van der Waals surface area contributed by atoms with Gasteiger partial charge < -0.3 is 5.32 Å². The highest BCUT2D eigenvalue weighted by atomic mass is 32.1. The molecule has 150 valence electrons. The van der Waals surface area contributed by atoms with Gasteiger partial charge in [0.15, 0.2) is 5.13 Å². The van der Waals surface area contributed by atoms with Gasteiger partial charge in [-0.2, -0.15) is 0 Å². The Bertz CT molecular complexity index is 848. The largest absolute Gasteiger partial charge is 0.348 e. The highest BCUT2D eigenvalue weighted by Crippen LogP contribution is 2.29. The molecular formula is C22H29N3O2S. The first-order valence-corrected chi connectivity index (χ1v) is 10.2. The summed E-state index contributed by atoms with van der Waals surface area (Å²) in [7, 11) is 0. The standard InChI is InChI=1S/C22H29N3O2S/c1-16(26)25(18-10-8-7-9-11-18)20-23-17(14-28-20)12-13-19(27)24-22(5,6)15-21(2,3)4/h7-14H,15H2,1-6H3,(H,24,27)/b13-12+. The molecule has 1 aromatic heterocycles. The molecule has 0 radical (unpaired) electrons. The smallest absolute Gasteiger partial charge is 0.244 e. The van der Waals surface area contributed by atoms with Gasteiger partial charge in [0.1, 0.15) is 0 Å². The van der Waals surface area contributed by atoms with Crippen molar-refractivity contribution in [2.45, 2.75) is 53.5 Å². The van der Waals surface area contributed by atoms with Gasteiger partial charge in [0.2, 0.25) is 11.8 Å². The maximum Gasteiger partial charge on any atom is 0.244 e. The number of rotatable bonds is 6. The van der Waals surface area contributed by atoms with Crippen molar-refractivity contribution in [3.63, 3.8) is 0 Å². The van der Waals surface area contributed by atoms with E-state index in [9.17, 15) is 9.59 Å². The lowest BCUT2D eigenvalue weighted by atomic mass is 9.82. The molecule has 0 spiro atoms. The van der Waals surface area contributed by atoms with Crippen LogP contribution in [0.1, 0.15) is 53.7 Å². The molecule has 2 aromatic rings. The molecule has 1 aromatic carbocycles. The predicted octanol–water partition coefficient (Wildman–Crippen LogP) is 5.17. The number of carbonyl (C=O) groups excluding carboxylic acids is 2. The molecule has 0 atom stereocenters. The maximum atomic E-state index is 12.3. The molecule has 2 rings (SSSR count). The van der Waals surface area contributed by atoms with E-state index in [1.54, 1.807) is 11.0 Å². The first-order valence-electron chi connectivity index (χ1n) is 9.28. The maximum absolute atomic E-state index is 12.3. The van der Waals surface area contributed by atoms with E-state index in [-0.39, 0.29) is 22.8 Å². The molecule has 28 heavy (non-hydrogen) atoms. The van der Waals surface area contributed by atoms with Crippen LogP contribution in [0, 0.1) is 5.41 Å². The number of thiazole rings is 1. The summed E-state index contributed by atoms with van der Waals surface area (Å²) >= 11 is 1.36. The number of carbonyl (C=O) groups is 2. The summed E-state index contributed by atoms with van der Waals surface area (Å²) < 4.78 is 0. The Labute approximate surface area is 171 Å². The van der Waals surface area contributed by atoms with Crippen LogP contribution in [0.2, 0.25) is 0 Å². The Balaban J connectivity index is 2.09. The average Bonchev–Trinajstić information content (AvgIpc) is 2.99. The minimum absolute atomic E-state index is 0.113. The SMILES string of the molecule is CC(=O)N(c1ccccc1)c1nc(/C=C/C(=O)NC(C)(C)CC(C)(C)C)cs1. The number of hydrogen-bond acceptors (Lipinski definition) is 4. The zero-order valence-electron chi connectivity index (χ0n) is 17.4. The second-order valence-corrected chi connectivity index (χ2v) is 9.53. The van der Waals surface area contributed by atoms with Crippen molar-refractivity contribution in [3.8, 4) is 0 Å². The van der Waals surface area contributed by atoms with E-state index in [1.807, 2.05) is 49.6 Å². The van der Waals surface area contributed by atoms with Gasteiger partial charge in [0.25, 0.3) is 0 Å². The van der Waals surface area contributed by atoms with E-state index in [4.69, 9.17) is 0 Å². The molecule has 0 bridgehead atoms. The minimum atomic E-state index is -0.300. The number of nitrogens with zero attached hydrogens (tertiary/aromatic N) is 2. The van der Waals surface area contributed by atoms with Crippen LogP contribution in [-0.2, 0) is 9.59 Å². The van der Waals surface area contributed by atoms with E-state index < -0.39 is 0 Å². The molecule has 0 fully saturated rings. The van der Waals surface area contributed by atoms with Crippen LogP contribution >= 0.6 is 11.3 Å². The van der Waals surface area contributed by atoms with Crippen LogP contribution in [-0.4, -0.2) is 22.3 Å². The first-order chi connectivity index (χ1) is 13.0. The molecule has 1 heterocycles. The van der Waals surface area contributed by atoms with Gasteiger partial charge in [-0.15, -0.1) is 11.3 Å². The highest BCUT2D eigenvalue weighted by molar-refractivity contribution is 7.14. The summed E-state index contributed by atoms with van der Waals surface area (Å²) in [5, 5.41) is 5.45. The summed E-state index contributed by atoms with van der Waals surface area (Å²) in [6.07, 6.45) is 4.03. The number of nitrogens with one attached hydrogen (secondary N) is 1. The number of benzene rings is 1. The third kappa shape index (κ3) is 6.60. The fraction of sp³-hybridized carbons (Fsp3) is 0.409. The normalized spacial score (nSPS) is 12.2. The van der Waals surface area contributed by atoms with Crippen molar-refractivity contribution >= 4 is 40.0 Å². The zero-order chi connectivity index (χ0) is 20.9. The number of hydrogen-bond donors (Lipinski definition) is 1. The highest BCUT2D eigenvalue weighted by Gasteiger charge is 2.26. The molecule has 0 aliphatic rings. The van der Waals surface area contributed by atoms with Crippen LogP contribution in [0.25, 0.3) is 6.08 Å². The van der Waals surface area contributed by atoms with Crippen molar-refractivity contribution in [1.82, 2.24) is 10.3 Å². The van der Waals surface area contributed by atoms with Gasteiger partial charge in [-0.05, 0) is 43.9 Å². The molecule has 2 amide bonds. The van der Waals surface area contributed by atoms with E-state index in [0.29, 0.717) is 10.8 Å². The van der Waals surface area contributed by atoms with Crippen LogP contribution in [0.3, 0.4) is 0 Å². The van der Waals surface area contributed by atoms with Crippen molar-refractivity contribution in [1.29, 1.82) is 0 Å². The molecule has 0 unspecified atom stereocenters. The molecule has 0 saturated carbocycles. The fourth-order valence-electron chi connectivity index (χ4n) is 3.37. The Kier molecular flexibility index (Phi) is 6.77. The van der Waals surface area contributed by atoms with Crippen molar-refractivity contribution in [2.75, 3.05) is 4.90 Å². The fourth-order valence-corrected chi connectivity index (χ4v) is 4.22. The third-order valence-electron chi connectivity index (χ3n) is 3.87. The van der Waals surface area contributed by atoms with Gasteiger partial charge in [0, 0.05) is 23.9 Å². The molecule has 5 nitrogen and oxygen atoms in total.